The minimum Gasteiger partial charge on any atom is -0.237 e. The first-order valence-corrected chi connectivity index (χ1v) is 5.86. The van der Waals surface area contributed by atoms with Crippen LogP contribution >= 0.6 is 11.6 Å². The van der Waals surface area contributed by atoms with Gasteiger partial charge in [-0.1, -0.05) is 30.7 Å². The number of halogens is 1. The zero-order valence-electron chi connectivity index (χ0n) is 8.70. The van der Waals surface area contributed by atoms with Crippen LogP contribution in [-0.2, 0) is 6.42 Å². The molecule has 1 atom stereocenters. The molecule has 0 N–H and O–H groups in total. The average molecular weight is 221 g/mol. The maximum atomic E-state index is 6.16. The molecule has 2 nitrogen and oxygen atoms in total. The lowest BCUT2D eigenvalue weighted by Crippen LogP contribution is -2.09. The third kappa shape index (κ3) is 1.67. The van der Waals surface area contributed by atoms with Gasteiger partial charge in [-0.15, -0.1) is 0 Å². The summed E-state index contributed by atoms with van der Waals surface area (Å²) in [5.41, 5.74) is 2.16. The summed E-state index contributed by atoms with van der Waals surface area (Å²) < 4.78 is 0. The van der Waals surface area contributed by atoms with Crippen molar-refractivity contribution < 1.29 is 0 Å². The van der Waals surface area contributed by atoms with Gasteiger partial charge in [-0.3, -0.25) is 0 Å². The first-order chi connectivity index (χ1) is 7.24. The van der Waals surface area contributed by atoms with E-state index in [1.165, 1.54) is 12.8 Å². The first-order valence-electron chi connectivity index (χ1n) is 5.48. The molecule has 1 aromatic heterocycles. The molecule has 1 fully saturated rings. The van der Waals surface area contributed by atoms with Gasteiger partial charge in [0, 0.05) is 11.5 Å². The van der Waals surface area contributed by atoms with Crippen LogP contribution in [0.15, 0.2) is 6.08 Å². The van der Waals surface area contributed by atoms with Crippen molar-refractivity contribution in [2.45, 2.75) is 32.1 Å². The van der Waals surface area contributed by atoms with Crippen molar-refractivity contribution in [3.05, 3.63) is 28.3 Å². The summed E-state index contributed by atoms with van der Waals surface area (Å²) in [4.78, 5) is 9.02. The van der Waals surface area contributed by atoms with Crippen LogP contribution in [0.1, 0.15) is 42.8 Å². The van der Waals surface area contributed by atoms with Gasteiger partial charge in [0.25, 0.3) is 0 Å². The molecule has 2 aliphatic carbocycles. The highest BCUT2D eigenvalue weighted by molar-refractivity contribution is 6.31. The Labute approximate surface area is 94.4 Å². The maximum Gasteiger partial charge on any atom is 0.140 e. The van der Waals surface area contributed by atoms with Gasteiger partial charge in [-0.05, 0) is 25.2 Å². The molecular weight excluding hydrogens is 208 g/mol. The van der Waals surface area contributed by atoms with Crippen LogP contribution in [0.5, 0.6) is 0 Å². The zero-order chi connectivity index (χ0) is 10.4. The maximum absolute atomic E-state index is 6.16. The molecule has 1 saturated carbocycles. The fourth-order valence-corrected chi connectivity index (χ4v) is 2.24. The highest BCUT2D eigenvalue weighted by Gasteiger charge is 2.28. The third-order valence-electron chi connectivity index (χ3n) is 3.04. The third-order valence-corrected chi connectivity index (χ3v) is 3.33. The molecule has 0 aromatic carbocycles. The molecule has 3 heteroatoms. The Balaban J connectivity index is 2.08. The number of nitrogens with zero attached hydrogens (tertiary/aromatic N) is 2. The number of allylic oxidation sites excluding steroid dienone is 1. The van der Waals surface area contributed by atoms with Gasteiger partial charge in [0.1, 0.15) is 11.0 Å². The molecule has 1 heterocycles. The predicted molar refractivity (Wildman–Crippen MR) is 60.9 cm³/mol. The number of fused-ring (bicyclic) bond motifs is 1. The fourth-order valence-electron chi connectivity index (χ4n) is 1.98. The molecule has 3 rings (SSSR count). The first kappa shape index (κ1) is 9.34. The second-order valence-electron chi connectivity index (χ2n) is 4.55. The Bertz CT molecular complexity index is 435. The molecule has 15 heavy (non-hydrogen) atoms. The number of aromatic nitrogens is 2. The molecule has 0 radical (unpaired) electrons. The SMILES string of the molecule is CC1C=Cc2c(Cl)nc(C3CC3)nc2C1. The molecule has 1 unspecified atom stereocenters. The smallest absolute Gasteiger partial charge is 0.140 e. The average Bonchev–Trinajstić information content (AvgIpc) is 2.99. The quantitative estimate of drug-likeness (QED) is 0.680. The van der Waals surface area contributed by atoms with Crippen molar-refractivity contribution in [3.63, 3.8) is 0 Å². The topological polar surface area (TPSA) is 25.8 Å². The van der Waals surface area contributed by atoms with E-state index >= 15 is 0 Å². The van der Waals surface area contributed by atoms with E-state index in [9.17, 15) is 0 Å². The summed E-state index contributed by atoms with van der Waals surface area (Å²) in [6.07, 6.45) is 7.67. The lowest BCUT2D eigenvalue weighted by atomic mass is 9.96. The Morgan fingerprint density at radius 1 is 1.33 bits per heavy atom. The van der Waals surface area contributed by atoms with Crippen molar-refractivity contribution in [1.29, 1.82) is 0 Å². The highest BCUT2D eigenvalue weighted by Crippen LogP contribution is 2.39. The minimum absolute atomic E-state index is 0.565. The van der Waals surface area contributed by atoms with E-state index in [-0.39, 0.29) is 0 Å². The van der Waals surface area contributed by atoms with Crippen molar-refractivity contribution in [1.82, 2.24) is 9.97 Å². The summed E-state index contributed by atoms with van der Waals surface area (Å²) >= 11 is 6.16. The van der Waals surface area contributed by atoms with E-state index < -0.39 is 0 Å². The molecule has 0 amide bonds. The summed E-state index contributed by atoms with van der Waals surface area (Å²) in [7, 11) is 0. The fraction of sp³-hybridized carbons (Fsp3) is 0.500. The summed E-state index contributed by atoms with van der Waals surface area (Å²) in [5, 5.41) is 0.630. The normalized spacial score (nSPS) is 24.0. The molecular formula is C12H13ClN2. The number of hydrogen-bond acceptors (Lipinski definition) is 2. The van der Waals surface area contributed by atoms with E-state index in [2.05, 4.69) is 29.0 Å². The van der Waals surface area contributed by atoms with Crippen molar-refractivity contribution in [3.8, 4) is 0 Å². The van der Waals surface area contributed by atoms with Crippen LogP contribution in [0.3, 0.4) is 0 Å². The number of rotatable bonds is 1. The zero-order valence-corrected chi connectivity index (χ0v) is 9.46. The van der Waals surface area contributed by atoms with Crippen molar-refractivity contribution in [2.75, 3.05) is 0 Å². The summed E-state index contributed by atoms with van der Waals surface area (Å²) in [6.45, 7) is 2.20. The van der Waals surface area contributed by atoms with E-state index in [4.69, 9.17) is 11.6 Å². The van der Waals surface area contributed by atoms with Gasteiger partial charge < -0.3 is 0 Å². The lowest BCUT2D eigenvalue weighted by Gasteiger charge is -2.16. The van der Waals surface area contributed by atoms with Gasteiger partial charge in [-0.2, -0.15) is 0 Å². The van der Waals surface area contributed by atoms with Crippen LogP contribution in [-0.4, -0.2) is 9.97 Å². The Morgan fingerprint density at radius 2 is 2.13 bits per heavy atom. The Morgan fingerprint density at radius 3 is 2.87 bits per heavy atom. The van der Waals surface area contributed by atoms with Gasteiger partial charge in [0.05, 0.1) is 5.69 Å². The van der Waals surface area contributed by atoms with Gasteiger partial charge in [0.2, 0.25) is 0 Å². The van der Waals surface area contributed by atoms with Gasteiger partial charge in [-0.25, -0.2) is 9.97 Å². The largest absolute Gasteiger partial charge is 0.237 e. The molecule has 1 aromatic rings. The van der Waals surface area contributed by atoms with Crippen LogP contribution in [0.25, 0.3) is 6.08 Å². The van der Waals surface area contributed by atoms with Crippen LogP contribution < -0.4 is 0 Å². The minimum atomic E-state index is 0.565. The standard InChI is InChI=1S/C12H13ClN2/c1-7-2-5-9-10(6-7)14-12(8-3-4-8)15-11(9)13/h2,5,7-8H,3-4,6H2,1H3. The van der Waals surface area contributed by atoms with Gasteiger partial charge in [0.15, 0.2) is 0 Å². The van der Waals surface area contributed by atoms with Crippen LogP contribution in [0.2, 0.25) is 5.15 Å². The summed E-state index contributed by atoms with van der Waals surface area (Å²) in [6, 6.07) is 0. The van der Waals surface area contributed by atoms with E-state index in [0.717, 1.165) is 23.5 Å². The van der Waals surface area contributed by atoms with Gasteiger partial charge >= 0.3 is 0 Å². The van der Waals surface area contributed by atoms with E-state index in [1.54, 1.807) is 0 Å². The van der Waals surface area contributed by atoms with Crippen molar-refractivity contribution >= 4 is 17.7 Å². The molecule has 0 aliphatic heterocycles. The highest BCUT2D eigenvalue weighted by atomic mass is 35.5. The molecule has 0 bridgehead atoms. The monoisotopic (exact) mass is 220 g/mol. The van der Waals surface area contributed by atoms with E-state index in [1.807, 2.05) is 0 Å². The predicted octanol–water partition coefficient (Wildman–Crippen LogP) is 3.21. The second-order valence-corrected chi connectivity index (χ2v) is 4.91. The Hall–Kier alpha value is -0.890. The van der Waals surface area contributed by atoms with Crippen LogP contribution in [0.4, 0.5) is 0 Å². The van der Waals surface area contributed by atoms with Crippen LogP contribution in [0, 0.1) is 5.92 Å². The Kier molecular flexibility index (Phi) is 2.06. The van der Waals surface area contributed by atoms with Crippen molar-refractivity contribution in [2.24, 2.45) is 5.92 Å². The molecule has 78 valence electrons. The summed E-state index contributed by atoms with van der Waals surface area (Å²) in [5.74, 6) is 2.10. The molecule has 0 saturated heterocycles. The van der Waals surface area contributed by atoms with E-state index in [0.29, 0.717) is 17.0 Å². The lowest BCUT2D eigenvalue weighted by molar-refractivity contribution is 0.688. The molecule has 2 aliphatic rings. The second kappa shape index (κ2) is 3.31. The molecule has 0 spiro atoms. The number of hydrogen-bond donors (Lipinski definition) is 0.